The van der Waals surface area contributed by atoms with E-state index in [1.807, 2.05) is 12.1 Å². The van der Waals surface area contributed by atoms with Gasteiger partial charge in [-0.05, 0) is 62.4 Å². The van der Waals surface area contributed by atoms with E-state index in [2.05, 4.69) is 42.6 Å². The van der Waals surface area contributed by atoms with Crippen LogP contribution in [0.15, 0.2) is 42.5 Å². The molecule has 3 nitrogen and oxygen atoms in total. The highest BCUT2D eigenvalue weighted by atomic mass is 16.5. The summed E-state index contributed by atoms with van der Waals surface area (Å²) in [6.45, 7) is 3.73. The summed E-state index contributed by atoms with van der Waals surface area (Å²) in [5.74, 6) is 0.769. The van der Waals surface area contributed by atoms with Crippen molar-refractivity contribution in [2.75, 3.05) is 12.3 Å². The van der Waals surface area contributed by atoms with Gasteiger partial charge in [0.2, 0.25) is 0 Å². The number of anilines is 1. The molecule has 0 saturated heterocycles. The van der Waals surface area contributed by atoms with Gasteiger partial charge in [0.1, 0.15) is 12.4 Å². The highest BCUT2D eigenvalue weighted by Gasteiger charge is 2.19. The first-order valence-electron chi connectivity index (χ1n) is 8.51. The predicted molar refractivity (Wildman–Crippen MR) is 95.7 cm³/mol. The Balaban J connectivity index is 1.48. The van der Waals surface area contributed by atoms with Crippen LogP contribution in [0, 0.1) is 6.92 Å². The summed E-state index contributed by atoms with van der Waals surface area (Å²) in [5, 5.41) is 3.54. The molecular weight excluding hydrogens is 284 g/mol. The summed E-state index contributed by atoms with van der Waals surface area (Å²) in [5.41, 5.74) is 10.6. The predicted octanol–water partition coefficient (Wildman–Crippen LogP) is 3.84. The second-order valence-electron chi connectivity index (χ2n) is 6.48. The van der Waals surface area contributed by atoms with Crippen LogP contribution in [0.4, 0.5) is 5.69 Å². The lowest BCUT2D eigenvalue weighted by Crippen LogP contribution is -2.17. The Bertz CT molecular complexity index is 633. The molecule has 0 bridgehead atoms. The normalized spacial score (nSPS) is 14.0. The molecule has 0 aromatic heterocycles. The minimum Gasteiger partial charge on any atom is -0.487 e. The van der Waals surface area contributed by atoms with Crippen molar-refractivity contribution in [3.05, 3.63) is 59.2 Å². The molecule has 122 valence electrons. The van der Waals surface area contributed by atoms with Crippen molar-refractivity contribution in [1.82, 2.24) is 5.32 Å². The summed E-state index contributed by atoms with van der Waals surface area (Å²) < 4.78 is 5.85. The van der Waals surface area contributed by atoms with Crippen molar-refractivity contribution < 1.29 is 4.74 Å². The van der Waals surface area contributed by atoms with Gasteiger partial charge in [-0.1, -0.05) is 35.9 Å². The van der Waals surface area contributed by atoms with Gasteiger partial charge in [0, 0.05) is 6.04 Å². The van der Waals surface area contributed by atoms with Gasteiger partial charge >= 0.3 is 0 Å². The van der Waals surface area contributed by atoms with Gasteiger partial charge < -0.3 is 15.8 Å². The van der Waals surface area contributed by atoms with Crippen LogP contribution in [0.2, 0.25) is 0 Å². The SMILES string of the molecule is Cc1ccc(COc2ccc(CCCNC3CC3)cc2N)cc1. The third-order valence-electron chi connectivity index (χ3n) is 4.24. The zero-order valence-electron chi connectivity index (χ0n) is 13.8. The van der Waals surface area contributed by atoms with Gasteiger partial charge in [0.05, 0.1) is 5.69 Å². The van der Waals surface area contributed by atoms with Gasteiger partial charge in [-0.25, -0.2) is 0 Å². The topological polar surface area (TPSA) is 47.3 Å². The summed E-state index contributed by atoms with van der Waals surface area (Å²) in [7, 11) is 0. The maximum atomic E-state index is 6.13. The first-order valence-corrected chi connectivity index (χ1v) is 8.51. The number of ether oxygens (including phenoxy) is 1. The first-order chi connectivity index (χ1) is 11.2. The zero-order chi connectivity index (χ0) is 16.1. The fourth-order valence-corrected chi connectivity index (χ4v) is 2.62. The maximum Gasteiger partial charge on any atom is 0.142 e. The summed E-state index contributed by atoms with van der Waals surface area (Å²) in [4.78, 5) is 0. The molecule has 0 amide bonds. The molecule has 1 fully saturated rings. The Kier molecular flexibility index (Phi) is 5.19. The number of rotatable bonds is 8. The number of nitrogen functional groups attached to an aromatic ring is 1. The molecule has 0 heterocycles. The van der Waals surface area contributed by atoms with Crippen LogP contribution in [0.3, 0.4) is 0 Å². The lowest BCUT2D eigenvalue weighted by Gasteiger charge is -2.11. The molecule has 0 aliphatic heterocycles. The monoisotopic (exact) mass is 310 g/mol. The third kappa shape index (κ3) is 5.00. The fraction of sp³-hybridized carbons (Fsp3) is 0.400. The highest BCUT2D eigenvalue weighted by molar-refractivity contribution is 5.54. The Hall–Kier alpha value is -2.00. The van der Waals surface area contributed by atoms with E-state index < -0.39 is 0 Å². The fourth-order valence-electron chi connectivity index (χ4n) is 2.62. The summed E-state index contributed by atoms with van der Waals surface area (Å²) in [6, 6.07) is 15.3. The molecule has 0 unspecified atom stereocenters. The van der Waals surface area contributed by atoms with Crippen LogP contribution in [0.25, 0.3) is 0 Å². The second-order valence-corrected chi connectivity index (χ2v) is 6.48. The standard InChI is InChI=1S/C20H26N2O/c1-15-4-6-17(7-5-15)14-23-20-11-8-16(13-19(20)21)3-2-12-22-18-9-10-18/h4-8,11,13,18,22H,2-3,9-10,12,14,21H2,1H3. The minimum absolute atomic E-state index is 0.551. The highest BCUT2D eigenvalue weighted by Crippen LogP contribution is 2.24. The van der Waals surface area contributed by atoms with Crippen molar-refractivity contribution >= 4 is 5.69 Å². The summed E-state index contributed by atoms with van der Waals surface area (Å²) in [6.07, 6.45) is 4.90. The number of hydrogen-bond donors (Lipinski definition) is 2. The third-order valence-corrected chi connectivity index (χ3v) is 4.24. The van der Waals surface area contributed by atoms with Crippen LogP contribution >= 0.6 is 0 Å². The Morgan fingerprint density at radius 2 is 1.83 bits per heavy atom. The molecule has 2 aromatic rings. The van der Waals surface area contributed by atoms with E-state index in [9.17, 15) is 0 Å². The molecule has 0 spiro atoms. The molecule has 0 radical (unpaired) electrons. The molecular formula is C20H26N2O. The average molecular weight is 310 g/mol. The largest absolute Gasteiger partial charge is 0.487 e. The number of nitrogens with one attached hydrogen (secondary N) is 1. The van der Waals surface area contributed by atoms with E-state index in [4.69, 9.17) is 10.5 Å². The van der Waals surface area contributed by atoms with Gasteiger partial charge in [-0.3, -0.25) is 0 Å². The van der Waals surface area contributed by atoms with Crippen LogP contribution in [0.5, 0.6) is 5.75 Å². The summed E-state index contributed by atoms with van der Waals surface area (Å²) >= 11 is 0. The van der Waals surface area contributed by atoms with Crippen molar-refractivity contribution in [2.45, 2.75) is 45.3 Å². The van der Waals surface area contributed by atoms with E-state index >= 15 is 0 Å². The van der Waals surface area contributed by atoms with Crippen LogP contribution in [-0.2, 0) is 13.0 Å². The van der Waals surface area contributed by atoms with Crippen LogP contribution in [0.1, 0.15) is 36.0 Å². The maximum absolute atomic E-state index is 6.13. The smallest absolute Gasteiger partial charge is 0.142 e. The average Bonchev–Trinajstić information content (AvgIpc) is 3.37. The number of benzene rings is 2. The molecule has 3 N–H and O–H groups in total. The van der Waals surface area contributed by atoms with Gasteiger partial charge in [0.25, 0.3) is 0 Å². The second kappa shape index (κ2) is 7.51. The van der Waals surface area contributed by atoms with Crippen molar-refractivity contribution in [3.63, 3.8) is 0 Å². The first kappa shape index (κ1) is 15.9. The van der Waals surface area contributed by atoms with Crippen molar-refractivity contribution in [1.29, 1.82) is 0 Å². The Morgan fingerprint density at radius 3 is 2.52 bits per heavy atom. The van der Waals surface area contributed by atoms with Gasteiger partial charge in [0.15, 0.2) is 0 Å². The van der Waals surface area contributed by atoms with Crippen LogP contribution in [-0.4, -0.2) is 12.6 Å². The van der Waals surface area contributed by atoms with Gasteiger partial charge in [-0.15, -0.1) is 0 Å². The molecule has 3 heteroatoms. The Labute approximate surface area is 138 Å². The molecule has 1 aliphatic rings. The quantitative estimate of drug-likeness (QED) is 0.575. The number of nitrogens with two attached hydrogens (primary N) is 1. The number of hydrogen-bond acceptors (Lipinski definition) is 3. The van der Waals surface area contributed by atoms with Crippen molar-refractivity contribution in [2.24, 2.45) is 0 Å². The van der Waals surface area contributed by atoms with E-state index in [0.717, 1.165) is 42.4 Å². The van der Waals surface area contributed by atoms with E-state index in [-0.39, 0.29) is 0 Å². The van der Waals surface area contributed by atoms with Crippen molar-refractivity contribution in [3.8, 4) is 5.75 Å². The molecule has 0 atom stereocenters. The molecule has 3 rings (SSSR count). The molecule has 1 saturated carbocycles. The lowest BCUT2D eigenvalue weighted by molar-refractivity contribution is 0.308. The Morgan fingerprint density at radius 1 is 1.09 bits per heavy atom. The van der Waals surface area contributed by atoms with E-state index in [0.29, 0.717) is 6.61 Å². The van der Waals surface area contributed by atoms with E-state index in [1.54, 1.807) is 0 Å². The van der Waals surface area contributed by atoms with Crippen LogP contribution < -0.4 is 15.8 Å². The lowest BCUT2D eigenvalue weighted by atomic mass is 10.1. The molecule has 2 aromatic carbocycles. The molecule has 1 aliphatic carbocycles. The zero-order valence-corrected chi connectivity index (χ0v) is 13.8. The van der Waals surface area contributed by atoms with E-state index in [1.165, 1.54) is 24.0 Å². The minimum atomic E-state index is 0.551. The molecule has 23 heavy (non-hydrogen) atoms. The number of aryl methyl sites for hydroxylation is 2. The van der Waals surface area contributed by atoms with Gasteiger partial charge in [-0.2, -0.15) is 0 Å².